The van der Waals surface area contributed by atoms with E-state index in [1.807, 2.05) is 6.07 Å². The molecule has 0 bridgehead atoms. The molecular formula is C20H25NO2. The fourth-order valence-corrected chi connectivity index (χ4v) is 3.12. The first-order valence-electron chi connectivity index (χ1n) is 8.40. The average molecular weight is 311 g/mol. The Bertz CT molecular complexity index is 664. The minimum Gasteiger partial charge on any atom is -0.508 e. The lowest BCUT2D eigenvalue weighted by Crippen LogP contribution is -2.41. The minimum atomic E-state index is 0.136. The van der Waals surface area contributed by atoms with Gasteiger partial charge in [-0.2, -0.15) is 0 Å². The highest BCUT2D eigenvalue weighted by atomic mass is 16.5. The van der Waals surface area contributed by atoms with E-state index in [4.69, 9.17) is 4.74 Å². The first-order valence-corrected chi connectivity index (χ1v) is 8.40. The number of aromatic hydroxyl groups is 1. The first-order chi connectivity index (χ1) is 11.1. The van der Waals surface area contributed by atoms with E-state index in [1.54, 1.807) is 12.1 Å². The van der Waals surface area contributed by atoms with Crippen molar-refractivity contribution < 1.29 is 9.84 Å². The lowest BCUT2D eigenvalue weighted by Gasteiger charge is -2.36. The smallest absolute Gasteiger partial charge is 0.143 e. The van der Waals surface area contributed by atoms with Gasteiger partial charge in [-0.25, -0.2) is 0 Å². The molecule has 1 N–H and O–H groups in total. The Morgan fingerprint density at radius 3 is 2.57 bits per heavy atom. The van der Waals surface area contributed by atoms with Gasteiger partial charge >= 0.3 is 0 Å². The quantitative estimate of drug-likeness (QED) is 0.911. The van der Waals surface area contributed by atoms with Gasteiger partial charge < -0.3 is 14.7 Å². The molecule has 122 valence electrons. The molecule has 3 nitrogen and oxygen atoms in total. The number of nitrogens with zero attached hydrogens (tertiary/aromatic N) is 1. The van der Waals surface area contributed by atoms with Crippen LogP contribution < -0.4 is 9.64 Å². The molecule has 1 aliphatic rings. The molecule has 1 atom stereocenters. The molecule has 23 heavy (non-hydrogen) atoms. The summed E-state index contributed by atoms with van der Waals surface area (Å²) in [5, 5.41) is 9.69. The van der Waals surface area contributed by atoms with Crippen molar-refractivity contribution in [1.82, 2.24) is 0 Å². The number of phenolic OH excluding ortho intramolecular Hbond substituents is 1. The largest absolute Gasteiger partial charge is 0.508 e. The molecule has 1 heterocycles. The van der Waals surface area contributed by atoms with Gasteiger partial charge in [0.05, 0.1) is 12.2 Å². The molecule has 1 unspecified atom stereocenters. The molecule has 0 saturated heterocycles. The van der Waals surface area contributed by atoms with Gasteiger partial charge in [-0.05, 0) is 36.1 Å². The first kappa shape index (κ1) is 15.7. The van der Waals surface area contributed by atoms with E-state index in [0.717, 1.165) is 30.9 Å². The number of hydrogen-bond donors (Lipinski definition) is 1. The molecule has 0 aliphatic carbocycles. The second kappa shape index (κ2) is 6.53. The summed E-state index contributed by atoms with van der Waals surface area (Å²) in [6.45, 7) is 8.31. The maximum Gasteiger partial charge on any atom is 0.143 e. The normalized spacial score (nSPS) is 17.0. The SMILES string of the molecule is CCN1CC(Cc2ccc(C(C)C)cc2)Oc2ccc(O)cc21. The van der Waals surface area contributed by atoms with E-state index in [2.05, 4.69) is 49.9 Å². The van der Waals surface area contributed by atoms with Crippen molar-refractivity contribution in [1.29, 1.82) is 0 Å². The Hall–Kier alpha value is -2.16. The molecule has 0 radical (unpaired) electrons. The summed E-state index contributed by atoms with van der Waals surface area (Å²) in [7, 11) is 0. The van der Waals surface area contributed by atoms with Gasteiger partial charge in [-0.1, -0.05) is 38.1 Å². The third kappa shape index (κ3) is 3.44. The Morgan fingerprint density at radius 2 is 1.91 bits per heavy atom. The summed E-state index contributed by atoms with van der Waals surface area (Å²) in [4.78, 5) is 2.27. The molecule has 1 aliphatic heterocycles. The molecule has 0 aromatic heterocycles. The summed E-state index contributed by atoms with van der Waals surface area (Å²) < 4.78 is 6.15. The van der Waals surface area contributed by atoms with Crippen molar-refractivity contribution in [2.45, 2.75) is 39.2 Å². The molecule has 3 heteroatoms. The van der Waals surface area contributed by atoms with Crippen molar-refractivity contribution in [2.24, 2.45) is 0 Å². The van der Waals surface area contributed by atoms with E-state index in [-0.39, 0.29) is 11.9 Å². The van der Waals surface area contributed by atoms with Crippen LogP contribution in [0.5, 0.6) is 11.5 Å². The van der Waals surface area contributed by atoms with Gasteiger partial charge in [-0.3, -0.25) is 0 Å². The van der Waals surface area contributed by atoms with Crippen LogP contribution in [0.15, 0.2) is 42.5 Å². The summed E-state index contributed by atoms with van der Waals surface area (Å²) in [6, 6.07) is 14.2. The topological polar surface area (TPSA) is 32.7 Å². The zero-order valence-electron chi connectivity index (χ0n) is 14.1. The zero-order chi connectivity index (χ0) is 16.4. The van der Waals surface area contributed by atoms with Crippen LogP contribution in [-0.2, 0) is 6.42 Å². The standard InChI is InChI=1S/C20H25NO2/c1-4-21-13-18(23-20-10-9-17(22)12-19(20)21)11-15-5-7-16(8-6-15)14(2)3/h5-10,12,14,18,22H,4,11,13H2,1-3H3. The van der Waals surface area contributed by atoms with Gasteiger partial charge in [-0.15, -0.1) is 0 Å². The van der Waals surface area contributed by atoms with Crippen molar-refractivity contribution >= 4 is 5.69 Å². The van der Waals surface area contributed by atoms with Crippen LogP contribution >= 0.6 is 0 Å². The maximum absolute atomic E-state index is 9.69. The van der Waals surface area contributed by atoms with E-state index in [0.29, 0.717) is 5.92 Å². The minimum absolute atomic E-state index is 0.136. The third-order valence-electron chi connectivity index (χ3n) is 4.49. The number of anilines is 1. The van der Waals surface area contributed by atoms with Crippen LogP contribution in [0, 0.1) is 0 Å². The van der Waals surface area contributed by atoms with E-state index >= 15 is 0 Å². The Kier molecular flexibility index (Phi) is 4.46. The number of ether oxygens (including phenoxy) is 1. The van der Waals surface area contributed by atoms with Crippen molar-refractivity contribution in [3.05, 3.63) is 53.6 Å². The molecule has 0 saturated carbocycles. The van der Waals surface area contributed by atoms with Gasteiger partial charge in [0.1, 0.15) is 17.6 Å². The lowest BCUT2D eigenvalue weighted by atomic mass is 9.99. The number of hydrogen-bond acceptors (Lipinski definition) is 3. The fourth-order valence-electron chi connectivity index (χ4n) is 3.12. The van der Waals surface area contributed by atoms with E-state index in [1.165, 1.54) is 11.1 Å². The van der Waals surface area contributed by atoms with Crippen LogP contribution in [-0.4, -0.2) is 24.3 Å². The molecule has 0 fully saturated rings. The summed E-state index contributed by atoms with van der Waals surface area (Å²) in [5.41, 5.74) is 3.66. The molecule has 2 aromatic rings. The van der Waals surface area contributed by atoms with Gasteiger partial charge in [0, 0.05) is 19.0 Å². The number of fused-ring (bicyclic) bond motifs is 1. The second-order valence-electron chi connectivity index (χ2n) is 6.53. The summed E-state index contributed by atoms with van der Waals surface area (Å²) in [5.74, 6) is 1.71. The maximum atomic E-state index is 9.69. The third-order valence-corrected chi connectivity index (χ3v) is 4.49. The monoisotopic (exact) mass is 311 g/mol. The second-order valence-corrected chi connectivity index (χ2v) is 6.53. The molecule has 0 amide bonds. The van der Waals surface area contributed by atoms with Crippen LogP contribution in [0.1, 0.15) is 37.8 Å². The number of phenols is 1. The van der Waals surface area contributed by atoms with Gasteiger partial charge in [0.25, 0.3) is 0 Å². The zero-order valence-corrected chi connectivity index (χ0v) is 14.1. The van der Waals surface area contributed by atoms with E-state index < -0.39 is 0 Å². The Labute approximate surface area is 138 Å². The van der Waals surface area contributed by atoms with Crippen LogP contribution in [0.25, 0.3) is 0 Å². The van der Waals surface area contributed by atoms with Crippen molar-refractivity contribution in [2.75, 3.05) is 18.0 Å². The van der Waals surface area contributed by atoms with E-state index in [9.17, 15) is 5.11 Å². The van der Waals surface area contributed by atoms with Crippen molar-refractivity contribution in [3.8, 4) is 11.5 Å². The predicted octanol–water partition coefficient (Wildman–Crippen LogP) is 4.35. The fraction of sp³-hybridized carbons (Fsp3) is 0.400. The van der Waals surface area contributed by atoms with Gasteiger partial charge in [0.15, 0.2) is 0 Å². The molecule has 2 aromatic carbocycles. The Morgan fingerprint density at radius 1 is 1.17 bits per heavy atom. The summed E-state index contributed by atoms with van der Waals surface area (Å²) in [6.07, 6.45) is 1.03. The van der Waals surface area contributed by atoms with Gasteiger partial charge in [0.2, 0.25) is 0 Å². The Balaban J connectivity index is 1.76. The lowest BCUT2D eigenvalue weighted by molar-refractivity contribution is 0.194. The summed E-state index contributed by atoms with van der Waals surface area (Å²) >= 11 is 0. The van der Waals surface area contributed by atoms with Crippen LogP contribution in [0.3, 0.4) is 0 Å². The highest BCUT2D eigenvalue weighted by molar-refractivity contribution is 5.62. The molecule has 3 rings (SSSR count). The highest BCUT2D eigenvalue weighted by Crippen LogP contribution is 2.36. The molecule has 0 spiro atoms. The van der Waals surface area contributed by atoms with Crippen molar-refractivity contribution in [3.63, 3.8) is 0 Å². The van der Waals surface area contributed by atoms with Crippen LogP contribution in [0.2, 0.25) is 0 Å². The molecular weight excluding hydrogens is 286 g/mol. The number of rotatable bonds is 4. The number of benzene rings is 2. The highest BCUT2D eigenvalue weighted by Gasteiger charge is 2.25. The number of likely N-dealkylation sites (N-methyl/N-ethyl adjacent to an activating group) is 1. The van der Waals surface area contributed by atoms with Crippen LogP contribution in [0.4, 0.5) is 5.69 Å². The predicted molar refractivity (Wildman–Crippen MR) is 94.6 cm³/mol. The average Bonchev–Trinajstić information content (AvgIpc) is 2.55.